The first-order valence-corrected chi connectivity index (χ1v) is 9.75. The van der Waals surface area contributed by atoms with Crippen LogP contribution in [0.4, 0.5) is 0 Å². The van der Waals surface area contributed by atoms with Crippen LogP contribution >= 0.6 is 0 Å². The molecule has 3 aromatic carbocycles. The Labute approximate surface area is 178 Å². The normalized spacial score (nSPS) is 17.6. The van der Waals surface area contributed by atoms with Gasteiger partial charge in [0, 0.05) is 11.1 Å². The third-order valence-electron chi connectivity index (χ3n) is 5.64. The van der Waals surface area contributed by atoms with Crippen molar-refractivity contribution in [2.24, 2.45) is 5.73 Å². The largest absolute Gasteiger partial charge is 0.436 e. The lowest BCUT2D eigenvalue weighted by molar-refractivity contribution is 0.0897. The summed E-state index contributed by atoms with van der Waals surface area (Å²) in [6.07, 6.45) is 0. The van der Waals surface area contributed by atoms with Crippen LogP contribution in [0.5, 0.6) is 0 Å². The highest BCUT2D eigenvalue weighted by atomic mass is 16.5. The van der Waals surface area contributed by atoms with Crippen LogP contribution in [-0.4, -0.2) is 11.6 Å². The minimum atomic E-state index is -0.775. The van der Waals surface area contributed by atoms with Crippen LogP contribution in [0.2, 0.25) is 0 Å². The maximum atomic E-state index is 13.4. The van der Waals surface area contributed by atoms with E-state index >= 15 is 0 Å². The first kappa shape index (κ1) is 18.6. The van der Waals surface area contributed by atoms with Gasteiger partial charge in [-0.05, 0) is 16.7 Å². The highest BCUT2D eigenvalue weighted by Gasteiger charge is 2.43. The third-order valence-corrected chi connectivity index (χ3v) is 5.64. The number of ether oxygens (including phenoxy) is 1. The minimum absolute atomic E-state index is 0.0997. The maximum Gasteiger partial charge on any atom is 0.229 e. The van der Waals surface area contributed by atoms with Gasteiger partial charge in [-0.2, -0.15) is 5.26 Å². The molecule has 31 heavy (non-hydrogen) atoms. The summed E-state index contributed by atoms with van der Waals surface area (Å²) in [5.41, 5.74) is 9.60. The Bertz CT molecular complexity index is 1340. The number of hydrogen-bond donors (Lipinski definition) is 1. The van der Waals surface area contributed by atoms with Crippen molar-refractivity contribution in [3.05, 3.63) is 118 Å². The van der Waals surface area contributed by atoms with E-state index in [1.807, 2.05) is 54.6 Å². The molecule has 1 aliphatic heterocycles. The van der Waals surface area contributed by atoms with Crippen LogP contribution in [0.25, 0.3) is 11.1 Å². The van der Waals surface area contributed by atoms with Gasteiger partial charge in [-0.15, -0.1) is 0 Å². The molecule has 0 saturated heterocycles. The highest BCUT2D eigenvalue weighted by Crippen LogP contribution is 2.44. The number of nitrogens with zero attached hydrogens (tertiary/aromatic N) is 1. The molecule has 5 rings (SSSR count). The maximum absolute atomic E-state index is 13.4. The lowest BCUT2D eigenvalue weighted by Gasteiger charge is -2.31. The smallest absolute Gasteiger partial charge is 0.229 e. The van der Waals surface area contributed by atoms with Crippen LogP contribution in [0.15, 0.2) is 102 Å². The Morgan fingerprint density at radius 1 is 0.774 bits per heavy atom. The minimum Gasteiger partial charge on any atom is -0.436 e. The molecule has 0 fully saturated rings. The second-order valence-electron chi connectivity index (χ2n) is 7.36. The summed E-state index contributed by atoms with van der Waals surface area (Å²) in [7, 11) is 0. The van der Waals surface area contributed by atoms with Gasteiger partial charge in [0.25, 0.3) is 0 Å². The summed E-state index contributed by atoms with van der Waals surface area (Å²) in [6, 6.07) is 26.1. The zero-order valence-corrected chi connectivity index (χ0v) is 16.3. The number of allylic oxidation sites excluding steroid dienone is 3. The van der Waals surface area contributed by atoms with Crippen LogP contribution in [0.1, 0.15) is 32.2 Å². The Balaban J connectivity index is 1.66. The van der Waals surface area contributed by atoms with E-state index in [9.17, 15) is 14.9 Å². The fourth-order valence-corrected chi connectivity index (χ4v) is 4.14. The SMILES string of the molecule is N#CC1=C(N)OC2=C(C(=O)c3ccccc3C2=O)[C@@H]1c1ccc(-c2ccccc2)cc1. The van der Waals surface area contributed by atoms with E-state index in [1.54, 1.807) is 24.3 Å². The van der Waals surface area contributed by atoms with E-state index in [0.717, 1.165) is 11.1 Å². The molecule has 0 unspecified atom stereocenters. The molecular weight excluding hydrogens is 388 g/mol. The zero-order chi connectivity index (χ0) is 21.5. The molecule has 0 saturated carbocycles. The number of carbonyl (C=O) groups is 2. The number of carbonyl (C=O) groups excluding carboxylic acids is 2. The number of rotatable bonds is 2. The van der Waals surface area contributed by atoms with Crippen molar-refractivity contribution in [3.8, 4) is 17.2 Å². The Kier molecular flexibility index (Phi) is 4.27. The fraction of sp³-hybridized carbons (Fsp3) is 0.0385. The van der Waals surface area contributed by atoms with Crippen LogP contribution in [0.3, 0.4) is 0 Å². The highest BCUT2D eigenvalue weighted by molar-refractivity contribution is 6.27. The number of ketones is 2. The number of nitrogens with two attached hydrogens (primary N) is 1. The molecule has 0 radical (unpaired) electrons. The monoisotopic (exact) mass is 404 g/mol. The predicted octanol–water partition coefficient (Wildman–Crippen LogP) is 4.49. The van der Waals surface area contributed by atoms with Gasteiger partial charge in [-0.25, -0.2) is 0 Å². The Morgan fingerprint density at radius 3 is 2.00 bits per heavy atom. The number of Topliss-reactive ketones (excluding diaryl/α,β-unsaturated/α-hetero) is 2. The molecule has 0 aromatic heterocycles. The second-order valence-corrected chi connectivity index (χ2v) is 7.36. The molecule has 5 heteroatoms. The van der Waals surface area contributed by atoms with Crippen molar-refractivity contribution in [2.75, 3.05) is 0 Å². The van der Waals surface area contributed by atoms with Gasteiger partial charge >= 0.3 is 0 Å². The number of benzene rings is 3. The van der Waals surface area contributed by atoms with Gasteiger partial charge in [0.05, 0.1) is 11.5 Å². The molecule has 5 nitrogen and oxygen atoms in total. The Hall–Kier alpha value is -4.43. The van der Waals surface area contributed by atoms with E-state index in [1.165, 1.54) is 0 Å². The second kappa shape index (κ2) is 7.12. The standard InChI is InChI=1S/C26H16N2O3/c27-14-20-21(17-12-10-16(11-13-17)15-6-2-1-3-7-15)22-23(29)18-8-4-5-9-19(18)24(30)25(22)31-26(20)28/h1-13,21H,28H2/t21-/m1/s1. The van der Waals surface area contributed by atoms with E-state index in [0.29, 0.717) is 11.1 Å². The van der Waals surface area contributed by atoms with Crippen molar-refractivity contribution in [3.63, 3.8) is 0 Å². The fourth-order valence-electron chi connectivity index (χ4n) is 4.14. The summed E-state index contributed by atoms with van der Waals surface area (Å²) in [6.45, 7) is 0. The number of fused-ring (bicyclic) bond motifs is 1. The molecule has 148 valence electrons. The van der Waals surface area contributed by atoms with Crippen molar-refractivity contribution in [1.29, 1.82) is 5.26 Å². The van der Waals surface area contributed by atoms with Crippen molar-refractivity contribution in [2.45, 2.75) is 5.92 Å². The quantitative estimate of drug-likeness (QED) is 0.679. The molecule has 0 amide bonds. The third kappa shape index (κ3) is 2.85. The molecule has 1 heterocycles. The first-order valence-electron chi connectivity index (χ1n) is 9.75. The number of hydrogen-bond acceptors (Lipinski definition) is 5. The lowest BCUT2D eigenvalue weighted by Crippen LogP contribution is -2.32. The van der Waals surface area contributed by atoms with Gasteiger partial charge in [0.2, 0.25) is 11.7 Å². The molecule has 0 spiro atoms. The molecule has 1 atom stereocenters. The molecular formula is C26H16N2O3. The van der Waals surface area contributed by atoms with Crippen molar-refractivity contribution < 1.29 is 14.3 Å². The summed E-state index contributed by atoms with van der Waals surface area (Å²) in [5, 5.41) is 9.78. The topological polar surface area (TPSA) is 93.2 Å². The zero-order valence-electron chi connectivity index (χ0n) is 16.3. The molecule has 2 N–H and O–H groups in total. The van der Waals surface area contributed by atoms with Crippen molar-refractivity contribution in [1.82, 2.24) is 0 Å². The molecule has 1 aliphatic carbocycles. The van der Waals surface area contributed by atoms with E-state index in [4.69, 9.17) is 10.5 Å². The van der Waals surface area contributed by atoms with Gasteiger partial charge in [-0.1, -0.05) is 78.9 Å². The first-order chi connectivity index (χ1) is 15.1. The van der Waals surface area contributed by atoms with Crippen molar-refractivity contribution >= 4 is 11.6 Å². The molecule has 3 aromatic rings. The predicted molar refractivity (Wildman–Crippen MR) is 115 cm³/mol. The van der Waals surface area contributed by atoms with Crippen LogP contribution in [0, 0.1) is 11.3 Å². The van der Waals surface area contributed by atoms with E-state index in [-0.39, 0.29) is 34.1 Å². The van der Waals surface area contributed by atoms with Crippen LogP contribution < -0.4 is 5.73 Å². The summed E-state index contributed by atoms with van der Waals surface area (Å²) >= 11 is 0. The lowest BCUT2D eigenvalue weighted by atomic mass is 9.75. The molecule has 0 bridgehead atoms. The number of nitriles is 1. The van der Waals surface area contributed by atoms with Gasteiger partial charge in [0.1, 0.15) is 11.6 Å². The average molecular weight is 404 g/mol. The van der Waals surface area contributed by atoms with E-state index in [2.05, 4.69) is 6.07 Å². The average Bonchev–Trinajstić information content (AvgIpc) is 2.82. The van der Waals surface area contributed by atoms with Gasteiger partial charge in [0.15, 0.2) is 11.5 Å². The summed E-state index contributed by atoms with van der Waals surface area (Å²) < 4.78 is 5.52. The summed E-state index contributed by atoms with van der Waals surface area (Å²) in [4.78, 5) is 26.4. The van der Waals surface area contributed by atoms with Gasteiger partial charge in [-0.3, -0.25) is 9.59 Å². The summed E-state index contributed by atoms with van der Waals surface area (Å²) in [5.74, 6) is -1.77. The Morgan fingerprint density at radius 2 is 1.35 bits per heavy atom. The molecule has 2 aliphatic rings. The van der Waals surface area contributed by atoms with Gasteiger partial charge < -0.3 is 10.5 Å². The van der Waals surface area contributed by atoms with E-state index < -0.39 is 11.7 Å². The van der Waals surface area contributed by atoms with Crippen LogP contribution in [-0.2, 0) is 4.74 Å².